The lowest BCUT2D eigenvalue weighted by Gasteiger charge is -2.32. The Morgan fingerprint density at radius 3 is 2.53 bits per heavy atom. The molecule has 0 aliphatic carbocycles. The van der Waals surface area contributed by atoms with Gasteiger partial charge in [0.2, 0.25) is 0 Å². The average molecular weight is 265 g/mol. The van der Waals surface area contributed by atoms with E-state index in [2.05, 4.69) is 49.4 Å². The molecule has 4 nitrogen and oxygen atoms in total. The monoisotopic (exact) mass is 265 g/mol. The molecule has 1 aromatic heterocycles. The summed E-state index contributed by atoms with van der Waals surface area (Å²) in [6.45, 7) is 9.80. The number of hydrogen-bond acceptors (Lipinski definition) is 4. The largest absolute Gasteiger partial charge is 0.396 e. The van der Waals surface area contributed by atoms with Crippen molar-refractivity contribution in [1.82, 2.24) is 4.98 Å². The smallest absolute Gasteiger partial charge is 0.0549 e. The second-order valence-corrected chi connectivity index (χ2v) is 5.96. The molecule has 1 unspecified atom stereocenters. The molecule has 1 rings (SSSR count). The zero-order valence-corrected chi connectivity index (χ0v) is 12.5. The van der Waals surface area contributed by atoms with Crippen molar-refractivity contribution in [3.8, 4) is 0 Å². The SMILES string of the molecule is CCCNc1cncc(NC(CCO)C(C)(C)C)c1. The third kappa shape index (κ3) is 5.47. The van der Waals surface area contributed by atoms with Crippen LogP contribution in [0.3, 0.4) is 0 Å². The van der Waals surface area contributed by atoms with Gasteiger partial charge in [0, 0.05) is 19.2 Å². The number of aliphatic hydroxyl groups is 1. The van der Waals surface area contributed by atoms with Crippen molar-refractivity contribution in [2.45, 2.75) is 46.6 Å². The molecular weight excluding hydrogens is 238 g/mol. The van der Waals surface area contributed by atoms with Crippen LogP contribution in [0.1, 0.15) is 40.5 Å². The summed E-state index contributed by atoms with van der Waals surface area (Å²) in [5.74, 6) is 0. The van der Waals surface area contributed by atoms with Crippen LogP contribution in [0, 0.1) is 5.41 Å². The summed E-state index contributed by atoms with van der Waals surface area (Å²) >= 11 is 0. The van der Waals surface area contributed by atoms with Gasteiger partial charge in [-0.25, -0.2) is 0 Å². The van der Waals surface area contributed by atoms with Gasteiger partial charge in [0.15, 0.2) is 0 Å². The lowest BCUT2D eigenvalue weighted by molar-refractivity contribution is 0.235. The number of hydrogen-bond donors (Lipinski definition) is 3. The van der Waals surface area contributed by atoms with Crippen LogP contribution >= 0.6 is 0 Å². The molecule has 0 amide bonds. The second-order valence-electron chi connectivity index (χ2n) is 5.96. The van der Waals surface area contributed by atoms with Crippen LogP contribution in [0.4, 0.5) is 11.4 Å². The fourth-order valence-electron chi connectivity index (χ4n) is 1.94. The topological polar surface area (TPSA) is 57.2 Å². The second kappa shape index (κ2) is 7.34. The normalized spacial score (nSPS) is 13.1. The number of rotatable bonds is 7. The Balaban J connectivity index is 2.73. The van der Waals surface area contributed by atoms with Gasteiger partial charge in [-0.1, -0.05) is 27.7 Å². The first-order valence-electron chi connectivity index (χ1n) is 7.03. The molecule has 0 bridgehead atoms. The molecule has 1 aromatic rings. The summed E-state index contributed by atoms with van der Waals surface area (Å²) in [5.41, 5.74) is 2.12. The van der Waals surface area contributed by atoms with Crippen LogP contribution < -0.4 is 10.6 Å². The Bertz CT molecular complexity index is 374. The molecule has 0 fully saturated rings. The molecule has 1 atom stereocenters. The van der Waals surface area contributed by atoms with Gasteiger partial charge in [0.05, 0.1) is 23.8 Å². The van der Waals surface area contributed by atoms with E-state index in [0.717, 1.165) is 30.8 Å². The van der Waals surface area contributed by atoms with Crippen molar-refractivity contribution in [3.05, 3.63) is 18.5 Å². The first kappa shape index (κ1) is 15.8. The number of nitrogens with one attached hydrogen (secondary N) is 2. The molecule has 108 valence electrons. The highest BCUT2D eigenvalue weighted by Crippen LogP contribution is 2.26. The molecule has 0 aliphatic rings. The average Bonchev–Trinajstić information content (AvgIpc) is 2.35. The van der Waals surface area contributed by atoms with Crippen molar-refractivity contribution >= 4 is 11.4 Å². The predicted molar refractivity (Wildman–Crippen MR) is 81.6 cm³/mol. The molecule has 0 aromatic carbocycles. The number of aromatic nitrogens is 1. The Hall–Kier alpha value is -1.29. The molecule has 0 saturated carbocycles. The van der Waals surface area contributed by atoms with Crippen LogP contribution in [-0.2, 0) is 0 Å². The molecule has 19 heavy (non-hydrogen) atoms. The maximum Gasteiger partial charge on any atom is 0.0549 e. The first-order valence-corrected chi connectivity index (χ1v) is 7.03. The summed E-state index contributed by atoms with van der Waals surface area (Å²) in [6.07, 6.45) is 5.48. The highest BCUT2D eigenvalue weighted by atomic mass is 16.3. The quantitative estimate of drug-likeness (QED) is 0.709. The molecular formula is C15H27N3O. The summed E-state index contributed by atoms with van der Waals surface area (Å²) in [4.78, 5) is 4.25. The van der Waals surface area contributed by atoms with Crippen molar-refractivity contribution in [1.29, 1.82) is 0 Å². The van der Waals surface area contributed by atoms with E-state index in [-0.39, 0.29) is 18.1 Å². The van der Waals surface area contributed by atoms with E-state index < -0.39 is 0 Å². The lowest BCUT2D eigenvalue weighted by Crippen LogP contribution is -2.34. The molecule has 0 saturated heterocycles. The van der Waals surface area contributed by atoms with Gasteiger partial charge in [-0.2, -0.15) is 0 Å². The Kier molecular flexibility index (Phi) is 6.09. The van der Waals surface area contributed by atoms with Crippen LogP contribution in [0.25, 0.3) is 0 Å². The molecule has 3 N–H and O–H groups in total. The van der Waals surface area contributed by atoms with Gasteiger partial charge >= 0.3 is 0 Å². The van der Waals surface area contributed by atoms with Gasteiger partial charge in [-0.3, -0.25) is 4.98 Å². The Labute approximate surface area is 116 Å². The maximum absolute atomic E-state index is 9.18. The standard InChI is InChI=1S/C15H27N3O/c1-5-7-17-12-9-13(11-16-10-12)18-14(6-8-19)15(2,3)4/h9-11,14,17-19H,5-8H2,1-4H3. The van der Waals surface area contributed by atoms with Crippen molar-refractivity contribution < 1.29 is 5.11 Å². The summed E-state index contributed by atoms with van der Waals surface area (Å²) in [7, 11) is 0. The lowest BCUT2D eigenvalue weighted by atomic mass is 9.85. The Morgan fingerprint density at radius 1 is 1.26 bits per heavy atom. The van der Waals surface area contributed by atoms with Crippen molar-refractivity contribution in [2.75, 3.05) is 23.8 Å². The molecule has 0 radical (unpaired) electrons. The molecule has 1 heterocycles. The summed E-state index contributed by atoms with van der Waals surface area (Å²) < 4.78 is 0. The van der Waals surface area contributed by atoms with Crippen LogP contribution in [0.5, 0.6) is 0 Å². The van der Waals surface area contributed by atoms with E-state index in [1.807, 2.05) is 12.4 Å². The minimum Gasteiger partial charge on any atom is -0.396 e. The Morgan fingerprint density at radius 2 is 1.95 bits per heavy atom. The van der Waals surface area contributed by atoms with Gasteiger partial charge in [0.25, 0.3) is 0 Å². The number of aliphatic hydroxyl groups excluding tert-OH is 1. The zero-order valence-electron chi connectivity index (χ0n) is 12.5. The third-order valence-electron chi connectivity index (χ3n) is 3.12. The van der Waals surface area contributed by atoms with Crippen molar-refractivity contribution in [2.24, 2.45) is 5.41 Å². The third-order valence-corrected chi connectivity index (χ3v) is 3.12. The predicted octanol–water partition coefficient (Wildman–Crippen LogP) is 3.11. The van der Waals surface area contributed by atoms with Crippen LogP contribution in [-0.4, -0.2) is 29.3 Å². The van der Waals surface area contributed by atoms with Crippen LogP contribution in [0.15, 0.2) is 18.5 Å². The number of anilines is 2. The van der Waals surface area contributed by atoms with Gasteiger partial charge < -0.3 is 15.7 Å². The molecule has 0 spiro atoms. The maximum atomic E-state index is 9.18. The highest BCUT2D eigenvalue weighted by Gasteiger charge is 2.23. The van der Waals surface area contributed by atoms with Crippen molar-refractivity contribution in [3.63, 3.8) is 0 Å². The first-order chi connectivity index (χ1) is 8.97. The van der Waals surface area contributed by atoms with E-state index in [4.69, 9.17) is 0 Å². The van der Waals surface area contributed by atoms with E-state index in [1.165, 1.54) is 0 Å². The van der Waals surface area contributed by atoms with E-state index in [0.29, 0.717) is 0 Å². The van der Waals surface area contributed by atoms with E-state index in [1.54, 1.807) is 0 Å². The molecule has 0 aliphatic heterocycles. The fraction of sp³-hybridized carbons (Fsp3) is 0.667. The van der Waals surface area contributed by atoms with E-state index >= 15 is 0 Å². The molecule has 4 heteroatoms. The van der Waals surface area contributed by atoms with Gasteiger partial charge in [-0.15, -0.1) is 0 Å². The fourth-order valence-corrected chi connectivity index (χ4v) is 1.94. The minimum absolute atomic E-state index is 0.0928. The van der Waals surface area contributed by atoms with Gasteiger partial charge in [0.1, 0.15) is 0 Å². The number of pyridine rings is 1. The minimum atomic E-state index is 0.0928. The zero-order chi connectivity index (χ0) is 14.3. The number of nitrogens with zero attached hydrogens (tertiary/aromatic N) is 1. The van der Waals surface area contributed by atoms with Gasteiger partial charge in [-0.05, 0) is 24.3 Å². The summed E-state index contributed by atoms with van der Waals surface area (Å²) in [5, 5.41) is 16.0. The summed E-state index contributed by atoms with van der Waals surface area (Å²) in [6, 6.07) is 2.29. The van der Waals surface area contributed by atoms with Crippen LogP contribution in [0.2, 0.25) is 0 Å². The highest BCUT2D eigenvalue weighted by molar-refractivity contribution is 5.54. The van der Waals surface area contributed by atoms with E-state index in [9.17, 15) is 5.11 Å².